The summed E-state index contributed by atoms with van der Waals surface area (Å²) < 4.78 is 2.58. The van der Waals surface area contributed by atoms with Gasteiger partial charge in [0, 0.05) is 65.1 Å². The third kappa shape index (κ3) is 7.46. The Balaban J connectivity index is 0.878. The van der Waals surface area contributed by atoms with Crippen LogP contribution in [0.5, 0.6) is 0 Å². The highest BCUT2D eigenvalue weighted by molar-refractivity contribution is 7.27. The van der Waals surface area contributed by atoms with Gasteiger partial charge < -0.3 is 9.80 Å². The summed E-state index contributed by atoms with van der Waals surface area (Å²) in [5.41, 5.74) is 17.4. The van der Waals surface area contributed by atoms with Crippen LogP contribution in [0.2, 0.25) is 0 Å². The predicted octanol–water partition coefficient (Wildman–Crippen LogP) is 23.0. The van der Waals surface area contributed by atoms with Crippen molar-refractivity contribution in [1.82, 2.24) is 0 Å². The number of thiophene rings is 1. The minimum atomic E-state index is -0.139. The Labute approximate surface area is 482 Å². The van der Waals surface area contributed by atoms with Crippen molar-refractivity contribution in [2.45, 2.75) is 46.0 Å². The van der Waals surface area contributed by atoms with Crippen molar-refractivity contribution in [2.24, 2.45) is 0 Å². The number of fused-ring (bicyclic) bond motifs is 17. The molecule has 1 aromatic heterocycles. The minimum Gasteiger partial charge on any atom is -0.310 e. The third-order valence-electron chi connectivity index (χ3n) is 18.1. The van der Waals surface area contributed by atoms with Crippen molar-refractivity contribution in [1.29, 1.82) is 0 Å². The highest BCUT2D eigenvalue weighted by atomic mass is 32.1. The quantitative estimate of drug-likeness (QED) is 0.133. The molecule has 0 bridgehead atoms. The highest BCUT2D eigenvalue weighted by Crippen LogP contribution is 2.53. The van der Waals surface area contributed by atoms with E-state index in [1.54, 1.807) is 0 Å². The number of benzene rings is 14. The second kappa shape index (κ2) is 18.8. The topological polar surface area (TPSA) is 6.48 Å². The minimum absolute atomic E-state index is 0.139. The monoisotopic (exact) mass is 1070 g/mol. The molecular formula is C79H58N2S. The van der Waals surface area contributed by atoms with E-state index >= 15 is 0 Å². The number of anilines is 6. The van der Waals surface area contributed by atoms with Crippen LogP contribution in [-0.2, 0) is 18.3 Å². The van der Waals surface area contributed by atoms with E-state index in [0.29, 0.717) is 0 Å². The Morgan fingerprint density at radius 3 is 1.43 bits per heavy atom. The fourth-order valence-electron chi connectivity index (χ4n) is 14.1. The Morgan fingerprint density at radius 1 is 0.305 bits per heavy atom. The fraction of sp³-hybridized carbons (Fsp3) is 0.0886. The van der Waals surface area contributed by atoms with Crippen molar-refractivity contribution in [3.05, 3.63) is 277 Å². The molecule has 16 rings (SSSR count). The molecule has 2 nitrogen and oxygen atoms in total. The van der Waals surface area contributed by atoms with Crippen LogP contribution in [0.15, 0.2) is 255 Å². The van der Waals surface area contributed by atoms with E-state index in [1.807, 2.05) is 11.3 Å². The summed E-state index contributed by atoms with van der Waals surface area (Å²) in [7, 11) is 0. The van der Waals surface area contributed by atoms with Gasteiger partial charge in [0.25, 0.3) is 0 Å². The van der Waals surface area contributed by atoms with Crippen molar-refractivity contribution in [3.63, 3.8) is 0 Å². The van der Waals surface area contributed by atoms with Gasteiger partial charge >= 0.3 is 0 Å². The van der Waals surface area contributed by atoms with E-state index in [1.165, 1.54) is 129 Å². The molecular weight excluding hydrogens is 1010 g/mol. The molecule has 0 saturated carbocycles. The second-order valence-electron chi connectivity index (χ2n) is 22.9. The van der Waals surface area contributed by atoms with Crippen LogP contribution in [-0.4, -0.2) is 0 Å². The van der Waals surface area contributed by atoms with E-state index in [9.17, 15) is 0 Å². The van der Waals surface area contributed by atoms with Gasteiger partial charge in [-0.2, -0.15) is 0 Å². The summed E-state index contributed by atoms with van der Waals surface area (Å²) in [6.45, 7) is 9.31. The van der Waals surface area contributed by atoms with E-state index < -0.39 is 0 Å². The smallest absolute Gasteiger partial charge is 0.0476 e. The summed E-state index contributed by atoms with van der Waals surface area (Å²) in [6.07, 6.45) is 1.91. The lowest BCUT2D eigenvalue weighted by atomic mass is 9.82. The predicted molar refractivity (Wildman–Crippen MR) is 355 cm³/mol. The van der Waals surface area contributed by atoms with Gasteiger partial charge in [-0.3, -0.25) is 0 Å². The first-order valence-corrected chi connectivity index (χ1v) is 29.8. The second-order valence-corrected chi connectivity index (χ2v) is 24.0. The first kappa shape index (κ1) is 48.4. The summed E-state index contributed by atoms with van der Waals surface area (Å²) in [4.78, 5) is 4.98. The van der Waals surface area contributed by atoms with Gasteiger partial charge in [-0.05, 0) is 189 Å². The fourth-order valence-corrected chi connectivity index (χ4v) is 15.4. The van der Waals surface area contributed by atoms with Gasteiger partial charge in [-0.1, -0.05) is 210 Å². The van der Waals surface area contributed by atoms with Gasteiger partial charge in [0.1, 0.15) is 0 Å². The van der Waals surface area contributed by atoms with Crippen molar-refractivity contribution < 1.29 is 0 Å². The first-order valence-electron chi connectivity index (χ1n) is 29.0. The first-order chi connectivity index (χ1) is 40.3. The number of nitrogens with zero attached hydrogens (tertiary/aromatic N) is 2. The molecule has 3 heteroatoms. The SMILES string of the molecule is CCc1ccccc1-c1ccc(N(c2ccc3c(ccc4ccccc43)c2)c2ccc3c(c2)c2ccccc2c2c4ccc(N(c5ccc6c(c5)C(C)(C)c5ccccc5-6)c5ccc6c(ccc7ccccc76)c5)cc4sc32)cc1CC. The lowest BCUT2D eigenvalue weighted by molar-refractivity contribution is 0.660. The van der Waals surface area contributed by atoms with Crippen LogP contribution in [0.4, 0.5) is 34.1 Å². The maximum absolute atomic E-state index is 2.49. The average Bonchev–Trinajstić information content (AvgIpc) is 4.17. The van der Waals surface area contributed by atoms with Crippen molar-refractivity contribution >= 4 is 130 Å². The number of aryl methyl sites for hydroxylation is 2. The Hall–Kier alpha value is -9.54. The third-order valence-corrected chi connectivity index (χ3v) is 19.3. The molecule has 0 N–H and O–H groups in total. The molecule has 0 saturated heterocycles. The van der Waals surface area contributed by atoms with Crippen LogP contribution in [0.1, 0.15) is 49.9 Å². The van der Waals surface area contributed by atoms with Gasteiger partial charge in [0.2, 0.25) is 0 Å². The van der Waals surface area contributed by atoms with Crippen LogP contribution >= 0.6 is 11.3 Å². The lowest BCUT2D eigenvalue weighted by Gasteiger charge is -2.28. The summed E-state index contributed by atoms with van der Waals surface area (Å²) in [5.74, 6) is 0. The molecule has 14 aromatic carbocycles. The normalized spacial score (nSPS) is 12.8. The largest absolute Gasteiger partial charge is 0.310 e. The summed E-state index contributed by atoms with van der Waals surface area (Å²) >= 11 is 1.92. The molecule has 15 aromatic rings. The maximum atomic E-state index is 2.49. The van der Waals surface area contributed by atoms with Crippen LogP contribution in [0.25, 0.3) is 107 Å². The van der Waals surface area contributed by atoms with E-state index in [0.717, 1.165) is 47.0 Å². The molecule has 0 radical (unpaired) electrons. The Bertz CT molecular complexity index is 5140. The van der Waals surface area contributed by atoms with Crippen molar-refractivity contribution in [2.75, 3.05) is 9.80 Å². The molecule has 0 spiro atoms. The Kier molecular flexibility index (Phi) is 11.1. The van der Waals surface area contributed by atoms with E-state index in [-0.39, 0.29) is 5.41 Å². The molecule has 1 aliphatic rings. The van der Waals surface area contributed by atoms with E-state index in [4.69, 9.17) is 0 Å². The number of rotatable bonds is 9. The zero-order valence-electron chi connectivity index (χ0n) is 46.5. The molecule has 0 amide bonds. The maximum Gasteiger partial charge on any atom is 0.0476 e. The molecule has 82 heavy (non-hydrogen) atoms. The van der Waals surface area contributed by atoms with Crippen molar-refractivity contribution in [3.8, 4) is 22.3 Å². The summed E-state index contributed by atoms with van der Waals surface area (Å²) in [5, 5.41) is 17.7. The molecule has 0 atom stereocenters. The molecule has 1 aliphatic carbocycles. The molecule has 390 valence electrons. The number of hydrogen-bond acceptors (Lipinski definition) is 3. The van der Waals surface area contributed by atoms with Crippen LogP contribution in [0, 0.1) is 0 Å². The Morgan fingerprint density at radius 2 is 0.756 bits per heavy atom. The standard InChI is InChI=1S/C79H58N2S/c1-5-49-17-7-10-20-61(49)64-37-31-55(43-50(64)6-2)80(56-32-38-65-53(44-56)29-27-51-18-8-11-21-62(51)65)58-35-41-71-73(46-58)67-23-13-14-25-70(67)77-72-42-36-60(48-76(72)82-78(71)77)81(57-33-39-66-54(45-57)30-28-52-19-9-12-22-63(52)66)59-34-40-69-68-24-15-16-26-74(68)79(3,4)75(69)47-59/h7-48H,5-6H2,1-4H3. The molecule has 0 fully saturated rings. The zero-order valence-corrected chi connectivity index (χ0v) is 47.3. The highest BCUT2D eigenvalue weighted by Gasteiger charge is 2.36. The van der Waals surface area contributed by atoms with Crippen LogP contribution in [0.3, 0.4) is 0 Å². The lowest BCUT2D eigenvalue weighted by Crippen LogP contribution is -2.16. The number of hydrogen-bond donors (Lipinski definition) is 0. The van der Waals surface area contributed by atoms with Gasteiger partial charge in [-0.15, -0.1) is 11.3 Å². The summed E-state index contributed by atoms with van der Waals surface area (Å²) in [6, 6.07) is 96.3. The van der Waals surface area contributed by atoms with Gasteiger partial charge in [0.15, 0.2) is 0 Å². The van der Waals surface area contributed by atoms with Crippen LogP contribution < -0.4 is 9.80 Å². The molecule has 1 heterocycles. The molecule has 0 unspecified atom stereocenters. The zero-order chi connectivity index (χ0) is 54.8. The molecule has 0 aliphatic heterocycles. The average molecular weight is 1070 g/mol. The van der Waals surface area contributed by atoms with Gasteiger partial charge in [-0.25, -0.2) is 0 Å². The van der Waals surface area contributed by atoms with E-state index in [2.05, 4.69) is 292 Å². The van der Waals surface area contributed by atoms with Gasteiger partial charge in [0.05, 0.1) is 0 Å².